The average Bonchev–Trinajstić information content (AvgIpc) is 2.80. The van der Waals surface area contributed by atoms with E-state index >= 15 is 0 Å². The highest BCUT2D eigenvalue weighted by Crippen LogP contribution is 2.25. The van der Waals surface area contributed by atoms with Crippen molar-refractivity contribution >= 4 is 11.6 Å². The molecule has 1 aromatic heterocycles. The Morgan fingerprint density at radius 3 is 2.19 bits per heavy atom. The summed E-state index contributed by atoms with van der Waals surface area (Å²) in [6, 6.07) is 0. The minimum Gasteiger partial charge on any atom is -0.299 e. The van der Waals surface area contributed by atoms with Crippen LogP contribution in [-0.4, -0.2) is 26.6 Å². The molecule has 1 heterocycles. The van der Waals surface area contributed by atoms with Crippen LogP contribution in [0.3, 0.4) is 0 Å². The first kappa shape index (κ1) is 17.5. The summed E-state index contributed by atoms with van der Waals surface area (Å²) in [5.74, 6) is 0.0516. The normalized spacial score (nSPS) is 14.0. The Morgan fingerprint density at radius 2 is 1.71 bits per heavy atom. The molecule has 1 aromatic rings. The molecule has 0 radical (unpaired) electrons. The number of nitrogens with zero attached hydrogens (tertiary/aromatic N) is 3. The molecule has 5 nitrogen and oxygen atoms in total. The molecule has 0 fully saturated rings. The van der Waals surface area contributed by atoms with Crippen molar-refractivity contribution in [3.8, 4) is 0 Å². The number of carbonyl (C=O) groups is 2. The highest BCUT2D eigenvalue weighted by Gasteiger charge is 2.29. The van der Waals surface area contributed by atoms with Crippen molar-refractivity contribution < 1.29 is 9.59 Å². The predicted octanol–water partition coefficient (Wildman–Crippen LogP) is 3.00. The molecule has 0 N–H and O–H groups in total. The number of aromatic nitrogens is 3. The maximum absolute atomic E-state index is 12.2. The van der Waals surface area contributed by atoms with Gasteiger partial charge in [-0.25, -0.2) is 0 Å². The van der Waals surface area contributed by atoms with Gasteiger partial charge in [0.2, 0.25) is 0 Å². The van der Waals surface area contributed by atoms with E-state index in [1.54, 1.807) is 10.9 Å². The van der Waals surface area contributed by atoms with E-state index in [0.717, 1.165) is 0 Å². The second-order valence-electron chi connectivity index (χ2n) is 7.67. The molecule has 21 heavy (non-hydrogen) atoms. The van der Waals surface area contributed by atoms with Gasteiger partial charge in [0.1, 0.15) is 11.6 Å². The Kier molecular flexibility index (Phi) is 5.07. The van der Waals surface area contributed by atoms with Gasteiger partial charge < -0.3 is 0 Å². The van der Waals surface area contributed by atoms with Crippen molar-refractivity contribution in [2.24, 2.45) is 10.8 Å². The zero-order valence-electron chi connectivity index (χ0n) is 14.2. The molecule has 1 atom stereocenters. The van der Waals surface area contributed by atoms with E-state index in [0.29, 0.717) is 18.7 Å². The number of hydrogen-bond donors (Lipinski definition) is 0. The van der Waals surface area contributed by atoms with Gasteiger partial charge >= 0.3 is 0 Å². The van der Waals surface area contributed by atoms with Crippen LogP contribution >= 0.6 is 0 Å². The first-order valence-electron chi connectivity index (χ1n) is 7.40. The van der Waals surface area contributed by atoms with Crippen LogP contribution < -0.4 is 0 Å². The standard InChI is InChI=1S/C16H27N3O2/c1-11(14(21)16(5,6)7)12-10-19(18-17-12)9-8-13(20)15(2,3)4/h10-11H,8-9H2,1-7H3. The lowest BCUT2D eigenvalue weighted by Gasteiger charge is -2.20. The molecule has 0 aliphatic carbocycles. The molecule has 118 valence electrons. The second-order valence-corrected chi connectivity index (χ2v) is 7.67. The zero-order valence-corrected chi connectivity index (χ0v) is 14.2. The Morgan fingerprint density at radius 1 is 1.14 bits per heavy atom. The van der Waals surface area contributed by atoms with E-state index in [-0.39, 0.29) is 22.9 Å². The number of carbonyl (C=O) groups excluding carboxylic acids is 2. The van der Waals surface area contributed by atoms with Crippen LogP contribution in [0, 0.1) is 10.8 Å². The fourth-order valence-corrected chi connectivity index (χ4v) is 2.00. The number of rotatable bonds is 5. The lowest BCUT2D eigenvalue weighted by Crippen LogP contribution is -2.25. The number of ketones is 2. The second kappa shape index (κ2) is 6.08. The first-order valence-corrected chi connectivity index (χ1v) is 7.40. The summed E-state index contributed by atoms with van der Waals surface area (Å²) < 4.78 is 1.64. The fraction of sp³-hybridized carbons (Fsp3) is 0.750. The lowest BCUT2D eigenvalue weighted by molar-refractivity contribution is -0.127. The van der Waals surface area contributed by atoms with E-state index in [1.165, 1.54) is 0 Å². The molecule has 0 spiro atoms. The maximum atomic E-state index is 12.2. The first-order chi connectivity index (χ1) is 9.43. The van der Waals surface area contributed by atoms with Crippen molar-refractivity contribution in [1.29, 1.82) is 0 Å². The molecule has 5 heteroatoms. The van der Waals surface area contributed by atoms with E-state index in [2.05, 4.69) is 10.3 Å². The lowest BCUT2D eigenvalue weighted by atomic mass is 9.83. The third-order valence-corrected chi connectivity index (χ3v) is 3.54. The van der Waals surface area contributed by atoms with E-state index in [9.17, 15) is 9.59 Å². The number of aryl methyl sites for hydroxylation is 1. The van der Waals surface area contributed by atoms with Crippen LogP contribution in [0.5, 0.6) is 0 Å². The molecule has 0 amide bonds. The van der Waals surface area contributed by atoms with Crippen molar-refractivity contribution in [2.45, 2.75) is 67.3 Å². The van der Waals surface area contributed by atoms with E-state index < -0.39 is 5.41 Å². The van der Waals surface area contributed by atoms with E-state index in [4.69, 9.17) is 0 Å². The van der Waals surface area contributed by atoms with Crippen molar-refractivity contribution in [1.82, 2.24) is 15.0 Å². The molecular formula is C16H27N3O2. The summed E-state index contributed by atoms with van der Waals surface area (Å²) >= 11 is 0. The molecule has 1 unspecified atom stereocenters. The van der Waals surface area contributed by atoms with Crippen molar-refractivity contribution in [3.63, 3.8) is 0 Å². The fourth-order valence-electron chi connectivity index (χ4n) is 2.00. The Bertz CT molecular complexity index is 518. The summed E-state index contributed by atoms with van der Waals surface area (Å²) in [7, 11) is 0. The van der Waals surface area contributed by atoms with Crippen LogP contribution in [0.2, 0.25) is 0 Å². The predicted molar refractivity (Wildman–Crippen MR) is 82.0 cm³/mol. The highest BCUT2D eigenvalue weighted by molar-refractivity contribution is 5.89. The summed E-state index contributed by atoms with van der Waals surface area (Å²) in [6.07, 6.45) is 2.19. The molecule has 0 aromatic carbocycles. The van der Waals surface area contributed by atoms with Crippen LogP contribution in [0.15, 0.2) is 6.20 Å². The van der Waals surface area contributed by atoms with Gasteiger partial charge in [0, 0.05) is 30.0 Å². The van der Waals surface area contributed by atoms with Crippen LogP contribution in [-0.2, 0) is 16.1 Å². The molecule has 1 rings (SSSR count). The Hall–Kier alpha value is -1.52. The van der Waals surface area contributed by atoms with Gasteiger partial charge in [-0.2, -0.15) is 0 Å². The Balaban J connectivity index is 2.70. The van der Waals surface area contributed by atoms with Gasteiger partial charge in [-0.15, -0.1) is 5.10 Å². The van der Waals surface area contributed by atoms with Gasteiger partial charge in [-0.05, 0) is 6.92 Å². The van der Waals surface area contributed by atoms with Gasteiger partial charge in [0.25, 0.3) is 0 Å². The molecule has 0 aliphatic rings. The number of Topliss-reactive ketones (excluding diaryl/α,β-unsaturated/α-hetero) is 2. The smallest absolute Gasteiger partial charge is 0.147 e. The third-order valence-electron chi connectivity index (χ3n) is 3.54. The Labute approximate surface area is 127 Å². The largest absolute Gasteiger partial charge is 0.299 e. The monoisotopic (exact) mass is 293 g/mol. The summed E-state index contributed by atoms with van der Waals surface area (Å²) in [6.45, 7) is 13.8. The minimum atomic E-state index is -0.397. The van der Waals surface area contributed by atoms with Crippen LogP contribution in [0.1, 0.15) is 66.5 Å². The quantitative estimate of drug-likeness (QED) is 0.837. The summed E-state index contributed by atoms with van der Waals surface area (Å²) in [5.41, 5.74) is -0.0669. The molecular weight excluding hydrogens is 266 g/mol. The van der Waals surface area contributed by atoms with Crippen molar-refractivity contribution in [3.05, 3.63) is 11.9 Å². The van der Waals surface area contributed by atoms with Gasteiger partial charge in [-0.3, -0.25) is 14.3 Å². The molecule has 0 saturated heterocycles. The molecule has 0 bridgehead atoms. The van der Waals surface area contributed by atoms with Crippen LogP contribution in [0.4, 0.5) is 0 Å². The van der Waals surface area contributed by atoms with Gasteiger partial charge in [-0.1, -0.05) is 46.8 Å². The van der Waals surface area contributed by atoms with Crippen molar-refractivity contribution in [2.75, 3.05) is 0 Å². The molecule has 0 saturated carbocycles. The van der Waals surface area contributed by atoms with Gasteiger partial charge in [0.05, 0.1) is 11.6 Å². The van der Waals surface area contributed by atoms with E-state index in [1.807, 2.05) is 48.5 Å². The number of hydrogen-bond acceptors (Lipinski definition) is 4. The minimum absolute atomic E-state index is 0.139. The molecule has 0 aliphatic heterocycles. The highest BCUT2D eigenvalue weighted by atomic mass is 16.1. The topological polar surface area (TPSA) is 64.8 Å². The third kappa shape index (κ3) is 4.76. The summed E-state index contributed by atoms with van der Waals surface area (Å²) in [4.78, 5) is 24.1. The summed E-state index contributed by atoms with van der Waals surface area (Å²) in [5, 5.41) is 8.09. The zero-order chi connectivity index (χ0) is 16.4. The van der Waals surface area contributed by atoms with Gasteiger partial charge in [0.15, 0.2) is 0 Å². The SMILES string of the molecule is CC(C(=O)C(C)(C)C)c1cn(CCC(=O)C(C)(C)C)nn1. The maximum Gasteiger partial charge on any atom is 0.147 e. The van der Waals surface area contributed by atoms with Crippen LogP contribution in [0.25, 0.3) is 0 Å². The average molecular weight is 293 g/mol.